The molecule has 0 aromatic carbocycles. The predicted molar refractivity (Wildman–Crippen MR) is 82.3 cm³/mol. The maximum Gasteiger partial charge on any atom is 0.421 e. The number of nitrogens with zero attached hydrogens (tertiary/aromatic N) is 1. The van der Waals surface area contributed by atoms with Crippen LogP contribution in [-0.4, -0.2) is 40.9 Å². The number of hydrogen-bond donors (Lipinski definition) is 0. The summed E-state index contributed by atoms with van der Waals surface area (Å²) in [5.41, 5.74) is 0. The fourth-order valence-electron chi connectivity index (χ4n) is 3.48. The molecule has 0 spiro atoms. The van der Waals surface area contributed by atoms with Gasteiger partial charge in [0.2, 0.25) is 0 Å². The van der Waals surface area contributed by atoms with E-state index in [4.69, 9.17) is 8.85 Å². The minimum Gasteiger partial charge on any atom is -0.383 e. The molecule has 0 amide bonds. The van der Waals surface area contributed by atoms with E-state index in [1.807, 2.05) is 0 Å². The van der Waals surface area contributed by atoms with Crippen LogP contribution in [0.2, 0.25) is 24.2 Å². The van der Waals surface area contributed by atoms with E-state index in [2.05, 4.69) is 38.8 Å². The second-order valence-corrected chi connectivity index (χ2v) is 13.7. The van der Waals surface area contributed by atoms with Gasteiger partial charge in [0.1, 0.15) is 8.24 Å². The summed E-state index contributed by atoms with van der Waals surface area (Å²) in [4.78, 5) is 0. The van der Waals surface area contributed by atoms with Crippen molar-refractivity contribution in [2.75, 3.05) is 19.8 Å². The first-order valence-electron chi connectivity index (χ1n) is 7.70. The first-order valence-corrected chi connectivity index (χ1v) is 12.2. The van der Waals surface area contributed by atoms with E-state index in [9.17, 15) is 0 Å². The van der Waals surface area contributed by atoms with Crippen LogP contribution in [0.15, 0.2) is 0 Å². The van der Waals surface area contributed by atoms with Gasteiger partial charge in [-0.05, 0) is 44.9 Å². The van der Waals surface area contributed by atoms with Crippen LogP contribution in [0, 0.1) is 0 Å². The zero-order valence-electron chi connectivity index (χ0n) is 12.9. The highest BCUT2D eigenvalue weighted by Crippen LogP contribution is 2.38. The molecule has 1 saturated heterocycles. The Morgan fingerprint density at radius 2 is 1.44 bits per heavy atom. The van der Waals surface area contributed by atoms with Crippen LogP contribution in [0.4, 0.5) is 0 Å². The summed E-state index contributed by atoms with van der Waals surface area (Å²) in [5, 5.41) is 0. The Morgan fingerprint density at radius 3 is 1.83 bits per heavy atom. The maximum absolute atomic E-state index is 6.23. The van der Waals surface area contributed by atoms with Crippen molar-refractivity contribution in [3.8, 4) is 0 Å². The average molecular weight is 290 g/mol. The lowest BCUT2D eigenvalue weighted by Gasteiger charge is -2.46. The largest absolute Gasteiger partial charge is 0.421 e. The molecule has 0 aromatic heterocycles. The fraction of sp³-hybridized carbons (Fsp3) is 1.00. The Hall–Kier alpha value is 0.314. The summed E-state index contributed by atoms with van der Waals surface area (Å²) in [6.07, 6.45) is 1.26. The summed E-state index contributed by atoms with van der Waals surface area (Å²) < 4.78 is 15.2. The van der Waals surface area contributed by atoms with Crippen LogP contribution in [0.25, 0.3) is 0 Å². The summed E-state index contributed by atoms with van der Waals surface area (Å²) in [6, 6.07) is 5.15. The molecule has 0 N–H and O–H groups in total. The average Bonchev–Trinajstić information content (AvgIpc) is 2.78. The molecule has 18 heavy (non-hydrogen) atoms. The van der Waals surface area contributed by atoms with Gasteiger partial charge in [0.05, 0.1) is 0 Å². The molecular weight excluding hydrogens is 258 g/mol. The van der Waals surface area contributed by atoms with E-state index in [0.717, 1.165) is 13.2 Å². The van der Waals surface area contributed by atoms with Crippen molar-refractivity contribution in [2.24, 2.45) is 0 Å². The van der Waals surface area contributed by atoms with Gasteiger partial charge in [-0.3, -0.25) is 0 Å². The van der Waals surface area contributed by atoms with Crippen LogP contribution in [0.1, 0.15) is 41.0 Å². The van der Waals surface area contributed by atoms with Gasteiger partial charge < -0.3 is 13.1 Å². The number of rotatable bonds is 8. The van der Waals surface area contributed by atoms with Gasteiger partial charge in [-0.1, -0.05) is 20.8 Å². The van der Waals surface area contributed by atoms with Gasteiger partial charge in [-0.15, -0.1) is 0 Å². The zero-order chi connectivity index (χ0) is 13.6. The lowest BCUT2D eigenvalue weighted by atomic mass is 10.5. The molecule has 0 radical (unpaired) electrons. The van der Waals surface area contributed by atoms with E-state index in [1.165, 1.54) is 37.1 Å². The van der Waals surface area contributed by atoms with Crippen molar-refractivity contribution >= 4 is 17.0 Å². The molecule has 5 heteroatoms. The third-order valence-corrected chi connectivity index (χ3v) is 15.8. The molecule has 0 saturated carbocycles. The highest BCUT2D eigenvalue weighted by atomic mass is 28.4. The fourth-order valence-corrected chi connectivity index (χ4v) is 14.8. The summed E-state index contributed by atoms with van der Waals surface area (Å²) in [7, 11) is -3.41. The minimum atomic E-state index is -2.07. The minimum absolute atomic E-state index is 0.796. The molecule has 1 aliphatic rings. The smallest absolute Gasteiger partial charge is 0.383 e. The molecule has 1 heterocycles. The van der Waals surface area contributed by atoms with Gasteiger partial charge in [-0.25, -0.2) is 0 Å². The van der Waals surface area contributed by atoms with Gasteiger partial charge in [0, 0.05) is 19.3 Å². The molecule has 1 rings (SSSR count). The Morgan fingerprint density at radius 1 is 0.944 bits per heavy atom. The molecule has 1 fully saturated rings. The molecule has 0 unspecified atom stereocenters. The Bertz CT molecular complexity index is 233. The maximum atomic E-state index is 6.23. The summed E-state index contributed by atoms with van der Waals surface area (Å²) >= 11 is 0. The standard InChI is InChI=1S/C13H31NO2Si2/c1-6-15-18(16-7-2)13-11-12-14(18)17(8-3,9-4)10-5/h6-13H2,1-5H3. The molecule has 0 aromatic rings. The monoisotopic (exact) mass is 289 g/mol. The first kappa shape index (κ1) is 16.4. The Labute approximate surface area is 115 Å². The molecule has 3 nitrogen and oxygen atoms in total. The van der Waals surface area contributed by atoms with Crippen LogP contribution >= 0.6 is 0 Å². The van der Waals surface area contributed by atoms with Crippen LogP contribution < -0.4 is 0 Å². The van der Waals surface area contributed by atoms with Crippen molar-refractivity contribution in [1.82, 2.24) is 4.23 Å². The van der Waals surface area contributed by atoms with Crippen LogP contribution in [0.3, 0.4) is 0 Å². The van der Waals surface area contributed by atoms with Crippen molar-refractivity contribution in [1.29, 1.82) is 0 Å². The van der Waals surface area contributed by atoms with Crippen molar-refractivity contribution < 1.29 is 8.85 Å². The molecule has 0 bridgehead atoms. The van der Waals surface area contributed by atoms with Gasteiger partial charge >= 0.3 is 8.72 Å². The van der Waals surface area contributed by atoms with Crippen molar-refractivity contribution in [2.45, 2.75) is 65.2 Å². The lowest BCUT2D eigenvalue weighted by molar-refractivity contribution is 0.156. The van der Waals surface area contributed by atoms with Crippen molar-refractivity contribution in [3.05, 3.63) is 0 Å². The molecule has 108 valence electrons. The van der Waals surface area contributed by atoms with Crippen LogP contribution in [-0.2, 0) is 8.85 Å². The van der Waals surface area contributed by atoms with E-state index >= 15 is 0 Å². The van der Waals surface area contributed by atoms with Crippen molar-refractivity contribution in [3.63, 3.8) is 0 Å². The zero-order valence-corrected chi connectivity index (χ0v) is 14.9. The number of hydrogen-bond acceptors (Lipinski definition) is 3. The van der Waals surface area contributed by atoms with Gasteiger partial charge in [0.15, 0.2) is 0 Å². The lowest BCUT2D eigenvalue weighted by Crippen LogP contribution is -2.66. The third-order valence-electron chi connectivity index (χ3n) is 4.57. The first-order chi connectivity index (χ1) is 8.64. The van der Waals surface area contributed by atoms with Gasteiger partial charge in [-0.2, -0.15) is 0 Å². The molecule has 0 atom stereocenters. The van der Waals surface area contributed by atoms with E-state index in [0.29, 0.717) is 0 Å². The predicted octanol–water partition coefficient (Wildman–Crippen LogP) is 3.71. The Kier molecular flexibility index (Phi) is 6.54. The highest BCUT2D eigenvalue weighted by Gasteiger charge is 2.55. The Balaban J connectivity index is 3.02. The molecule has 1 aliphatic heterocycles. The topological polar surface area (TPSA) is 21.7 Å². The van der Waals surface area contributed by atoms with E-state index < -0.39 is 17.0 Å². The molecule has 0 aliphatic carbocycles. The quantitative estimate of drug-likeness (QED) is 0.636. The summed E-state index contributed by atoms with van der Waals surface area (Å²) in [5.74, 6) is 0. The van der Waals surface area contributed by atoms with Crippen LogP contribution in [0.5, 0.6) is 0 Å². The van der Waals surface area contributed by atoms with Gasteiger partial charge in [0.25, 0.3) is 0 Å². The SMILES string of the molecule is CCO[Si]1(OCC)CCCN1[Si](CC)(CC)CC. The molecular formula is C13H31NO2Si2. The summed E-state index contributed by atoms with van der Waals surface area (Å²) in [6.45, 7) is 14.1. The second kappa shape index (κ2) is 7.19. The second-order valence-electron chi connectivity index (χ2n) is 5.12. The van der Waals surface area contributed by atoms with E-state index in [1.54, 1.807) is 0 Å². The normalized spacial score (nSPS) is 20.5. The highest BCUT2D eigenvalue weighted by molar-refractivity contribution is 6.88. The van der Waals surface area contributed by atoms with E-state index in [-0.39, 0.29) is 0 Å². The third kappa shape index (κ3) is 2.90.